The van der Waals surface area contributed by atoms with Crippen molar-refractivity contribution in [2.24, 2.45) is 0 Å². The van der Waals surface area contributed by atoms with Gasteiger partial charge in [-0.3, -0.25) is 0 Å². The van der Waals surface area contributed by atoms with Crippen LogP contribution in [0.15, 0.2) is 48.5 Å². The van der Waals surface area contributed by atoms with Gasteiger partial charge in [-0.05, 0) is 82.2 Å². The van der Waals surface area contributed by atoms with Crippen LogP contribution < -0.4 is 4.74 Å². The molecule has 0 radical (unpaired) electrons. The van der Waals surface area contributed by atoms with Gasteiger partial charge in [-0.2, -0.15) is 5.06 Å². The van der Waals surface area contributed by atoms with Gasteiger partial charge in [0.2, 0.25) is 0 Å². The Bertz CT molecular complexity index is 729. The summed E-state index contributed by atoms with van der Waals surface area (Å²) in [5, 5.41) is 2.17. The molecule has 2 aromatic carbocycles. The minimum absolute atomic E-state index is 0.00888. The zero-order valence-electron chi connectivity index (χ0n) is 17.6. The average Bonchev–Trinajstić information content (AvgIpc) is 2.61. The van der Waals surface area contributed by atoms with Crippen LogP contribution in [0.4, 0.5) is 0 Å². The van der Waals surface area contributed by atoms with Crippen LogP contribution in [0, 0.1) is 0 Å². The Kier molecular flexibility index (Phi) is 5.64. The zero-order chi connectivity index (χ0) is 19.7. The van der Waals surface area contributed by atoms with E-state index in [4.69, 9.17) is 9.57 Å². The Morgan fingerprint density at radius 2 is 1.33 bits per heavy atom. The van der Waals surface area contributed by atoms with E-state index in [1.165, 1.54) is 16.7 Å². The van der Waals surface area contributed by atoms with Gasteiger partial charge < -0.3 is 9.57 Å². The number of hydroxylamine groups is 2. The molecule has 0 spiro atoms. The van der Waals surface area contributed by atoms with Crippen LogP contribution in [0.25, 0.3) is 11.1 Å². The molecule has 1 aliphatic rings. The SMILES string of the molecule is CCOc1ccc(-c2ccc(C3CC(C)(C)N(OC)C(C)(C)C3)cc2)cc1. The van der Waals surface area contributed by atoms with Crippen LogP contribution in [-0.4, -0.2) is 29.9 Å². The average molecular weight is 368 g/mol. The molecule has 0 saturated carbocycles. The van der Waals surface area contributed by atoms with Crippen LogP contribution in [0.3, 0.4) is 0 Å². The molecule has 2 aromatic rings. The lowest BCUT2D eigenvalue weighted by molar-refractivity contribution is -0.266. The minimum Gasteiger partial charge on any atom is -0.494 e. The predicted octanol–water partition coefficient (Wildman–Crippen LogP) is 6.05. The van der Waals surface area contributed by atoms with E-state index in [-0.39, 0.29) is 11.1 Å². The monoisotopic (exact) mass is 367 g/mol. The Morgan fingerprint density at radius 3 is 1.78 bits per heavy atom. The molecule has 1 saturated heterocycles. The molecular weight excluding hydrogens is 334 g/mol. The van der Waals surface area contributed by atoms with E-state index in [2.05, 4.69) is 69.2 Å². The summed E-state index contributed by atoms with van der Waals surface area (Å²) in [4.78, 5) is 5.73. The Morgan fingerprint density at radius 1 is 0.852 bits per heavy atom. The molecule has 3 rings (SSSR count). The molecule has 0 amide bonds. The highest BCUT2D eigenvalue weighted by Crippen LogP contribution is 2.45. The normalized spacial score (nSPS) is 19.8. The summed E-state index contributed by atoms with van der Waals surface area (Å²) >= 11 is 0. The van der Waals surface area contributed by atoms with Crippen LogP contribution in [-0.2, 0) is 4.84 Å². The molecule has 146 valence electrons. The van der Waals surface area contributed by atoms with Crippen LogP contribution in [0.2, 0.25) is 0 Å². The van der Waals surface area contributed by atoms with Gasteiger partial charge in [-0.15, -0.1) is 0 Å². The standard InChI is InChI=1S/C24H33NO2/c1-7-27-22-14-12-19(13-15-22)18-8-10-20(11-9-18)21-16-23(2,3)25(26-6)24(4,5)17-21/h8-15,21H,7,16-17H2,1-6H3. The second-order valence-electron chi connectivity index (χ2n) is 8.79. The molecule has 0 aliphatic carbocycles. The summed E-state index contributed by atoms with van der Waals surface area (Å²) in [6.07, 6.45) is 2.18. The van der Waals surface area contributed by atoms with Crippen molar-refractivity contribution in [2.45, 2.75) is 64.5 Å². The van der Waals surface area contributed by atoms with Crippen molar-refractivity contribution in [1.82, 2.24) is 5.06 Å². The summed E-state index contributed by atoms with van der Waals surface area (Å²) < 4.78 is 5.54. The summed E-state index contributed by atoms with van der Waals surface area (Å²) in [7, 11) is 1.79. The first kappa shape index (κ1) is 19.9. The van der Waals surface area contributed by atoms with E-state index in [1.54, 1.807) is 7.11 Å². The van der Waals surface area contributed by atoms with Crippen LogP contribution >= 0.6 is 0 Å². The first-order valence-corrected chi connectivity index (χ1v) is 9.94. The lowest BCUT2D eigenvalue weighted by Crippen LogP contribution is -2.59. The van der Waals surface area contributed by atoms with E-state index in [9.17, 15) is 0 Å². The lowest BCUT2D eigenvalue weighted by atomic mass is 9.72. The second-order valence-corrected chi connectivity index (χ2v) is 8.79. The van der Waals surface area contributed by atoms with Gasteiger partial charge in [0.1, 0.15) is 5.75 Å². The Labute approximate surface area is 164 Å². The van der Waals surface area contributed by atoms with Gasteiger partial charge in [0.05, 0.1) is 13.7 Å². The molecule has 0 unspecified atom stereocenters. The van der Waals surface area contributed by atoms with Gasteiger partial charge >= 0.3 is 0 Å². The van der Waals surface area contributed by atoms with Crippen molar-refractivity contribution < 1.29 is 9.57 Å². The first-order valence-electron chi connectivity index (χ1n) is 9.94. The second kappa shape index (κ2) is 7.65. The molecule has 1 aliphatic heterocycles. The van der Waals surface area contributed by atoms with Crippen molar-refractivity contribution >= 4 is 0 Å². The number of piperidine rings is 1. The third-order valence-corrected chi connectivity index (χ3v) is 5.65. The van der Waals surface area contributed by atoms with E-state index >= 15 is 0 Å². The molecule has 0 atom stereocenters. The van der Waals surface area contributed by atoms with E-state index in [0.29, 0.717) is 12.5 Å². The molecule has 0 aromatic heterocycles. The lowest BCUT2D eigenvalue weighted by Gasteiger charge is -2.53. The van der Waals surface area contributed by atoms with Crippen molar-refractivity contribution in [3.05, 3.63) is 54.1 Å². The fourth-order valence-corrected chi connectivity index (χ4v) is 4.85. The Balaban J connectivity index is 1.79. The smallest absolute Gasteiger partial charge is 0.119 e. The van der Waals surface area contributed by atoms with Gasteiger partial charge in [0.15, 0.2) is 0 Å². The molecular formula is C24H33NO2. The number of nitrogens with zero attached hydrogens (tertiary/aromatic N) is 1. The highest BCUT2D eigenvalue weighted by molar-refractivity contribution is 5.64. The summed E-state index contributed by atoms with van der Waals surface area (Å²) in [5.41, 5.74) is 3.90. The molecule has 27 heavy (non-hydrogen) atoms. The fraction of sp³-hybridized carbons (Fsp3) is 0.500. The van der Waals surface area contributed by atoms with Crippen LogP contribution in [0.5, 0.6) is 5.75 Å². The summed E-state index contributed by atoms with van der Waals surface area (Å²) in [6.45, 7) is 11.8. The van der Waals surface area contributed by atoms with E-state index in [1.807, 2.05) is 19.1 Å². The number of rotatable bonds is 5. The number of ether oxygens (including phenoxy) is 1. The minimum atomic E-state index is 0.00888. The molecule has 3 nitrogen and oxygen atoms in total. The molecule has 0 bridgehead atoms. The maximum absolute atomic E-state index is 5.73. The number of benzene rings is 2. The van der Waals surface area contributed by atoms with Crippen molar-refractivity contribution in [3.8, 4) is 16.9 Å². The predicted molar refractivity (Wildman–Crippen MR) is 112 cm³/mol. The maximum atomic E-state index is 5.73. The third kappa shape index (κ3) is 4.20. The van der Waals surface area contributed by atoms with Crippen molar-refractivity contribution in [1.29, 1.82) is 0 Å². The first-order chi connectivity index (χ1) is 12.8. The van der Waals surface area contributed by atoms with Gasteiger partial charge in [0.25, 0.3) is 0 Å². The van der Waals surface area contributed by atoms with Gasteiger partial charge in [-0.25, -0.2) is 0 Å². The zero-order valence-corrected chi connectivity index (χ0v) is 17.6. The highest BCUT2D eigenvalue weighted by Gasteiger charge is 2.46. The Hall–Kier alpha value is -1.84. The van der Waals surface area contributed by atoms with E-state index in [0.717, 1.165) is 18.6 Å². The largest absolute Gasteiger partial charge is 0.494 e. The summed E-state index contributed by atoms with van der Waals surface area (Å²) in [5.74, 6) is 1.46. The maximum Gasteiger partial charge on any atom is 0.119 e. The third-order valence-electron chi connectivity index (χ3n) is 5.65. The number of hydrogen-bond donors (Lipinski definition) is 0. The van der Waals surface area contributed by atoms with Crippen molar-refractivity contribution in [3.63, 3.8) is 0 Å². The fourth-order valence-electron chi connectivity index (χ4n) is 4.85. The molecule has 0 N–H and O–H groups in total. The summed E-state index contributed by atoms with van der Waals surface area (Å²) in [6, 6.07) is 17.4. The van der Waals surface area contributed by atoms with Gasteiger partial charge in [0, 0.05) is 11.1 Å². The topological polar surface area (TPSA) is 21.7 Å². The molecule has 3 heteroatoms. The van der Waals surface area contributed by atoms with Crippen LogP contribution in [0.1, 0.15) is 58.9 Å². The highest BCUT2D eigenvalue weighted by atomic mass is 16.7. The molecule has 1 fully saturated rings. The number of hydrogen-bond acceptors (Lipinski definition) is 3. The van der Waals surface area contributed by atoms with Gasteiger partial charge in [-0.1, -0.05) is 36.4 Å². The van der Waals surface area contributed by atoms with Crippen molar-refractivity contribution in [2.75, 3.05) is 13.7 Å². The van der Waals surface area contributed by atoms with E-state index < -0.39 is 0 Å². The molecule has 1 heterocycles. The quantitative estimate of drug-likeness (QED) is 0.642.